The quantitative estimate of drug-likeness (QED) is 0.227. The van der Waals surface area contributed by atoms with Gasteiger partial charge in [-0.2, -0.15) is 0 Å². The summed E-state index contributed by atoms with van der Waals surface area (Å²) in [5.74, 6) is -1.34. The number of nitrogens with zero attached hydrogens (tertiary/aromatic N) is 2. The van der Waals surface area contributed by atoms with E-state index in [1.54, 1.807) is 24.3 Å². The molecule has 0 bridgehead atoms. The molecule has 0 fully saturated rings. The van der Waals surface area contributed by atoms with Crippen LogP contribution in [-0.4, -0.2) is 50.0 Å². The van der Waals surface area contributed by atoms with Crippen molar-refractivity contribution in [2.24, 2.45) is 0 Å². The third-order valence-electron chi connectivity index (χ3n) is 6.88. The van der Waals surface area contributed by atoms with Crippen LogP contribution in [0.15, 0.2) is 72.8 Å². The van der Waals surface area contributed by atoms with Crippen LogP contribution in [0.2, 0.25) is 10.0 Å². The molecule has 2 amide bonds. The van der Waals surface area contributed by atoms with Gasteiger partial charge in [-0.3, -0.25) is 13.9 Å². The van der Waals surface area contributed by atoms with Crippen molar-refractivity contribution >= 4 is 50.7 Å². The first-order valence-electron chi connectivity index (χ1n) is 13.7. The highest BCUT2D eigenvalue weighted by Crippen LogP contribution is 2.26. The van der Waals surface area contributed by atoms with Crippen molar-refractivity contribution in [2.75, 3.05) is 17.1 Å². The molecule has 0 unspecified atom stereocenters. The average Bonchev–Trinajstić information content (AvgIpc) is 2.95. The summed E-state index contributed by atoms with van der Waals surface area (Å²) in [4.78, 5) is 29.0. The summed E-state index contributed by atoms with van der Waals surface area (Å²) in [6.07, 6.45) is 1.99. The Morgan fingerprint density at radius 1 is 0.952 bits per heavy atom. The lowest BCUT2D eigenvalue weighted by Gasteiger charge is -2.33. The van der Waals surface area contributed by atoms with E-state index in [9.17, 15) is 22.4 Å². The number of carbonyl (C=O) groups excluding carboxylic acids is 2. The second kappa shape index (κ2) is 15.4. The van der Waals surface area contributed by atoms with E-state index >= 15 is 0 Å². The summed E-state index contributed by atoms with van der Waals surface area (Å²) in [6, 6.07) is 19.0. The fourth-order valence-corrected chi connectivity index (χ4v) is 5.75. The number of para-hydroxylation sites is 1. The molecule has 0 spiro atoms. The minimum Gasteiger partial charge on any atom is -0.352 e. The molecule has 0 aliphatic heterocycles. The molecule has 1 N–H and O–H groups in total. The number of hydrogen-bond acceptors (Lipinski definition) is 4. The van der Waals surface area contributed by atoms with Gasteiger partial charge < -0.3 is 10.2 Å². The van der Waals surface area contributed by atoms with Gasteiger partial charge in [0, 0.05) is 32.0 Å². The van der Waals surface area contributed by atoms with E-state index in [4.69, 9.17) is 23.2 Å². The predicted octanol–water partition coefficient (Wildman–Crippen LogP) is 6.23. The first-order chi connectivity index (χ1) is 19.9. The van der Waals surface area contributed by atoms with Gasteiger partial charge in [-0.1, -0.05) is 78.7 Å². The van der Waals surface area contributed by atoms with Crippen molar-refractivity contribution in [3.63, 3.8) is 0 Å². The van der Waals surface area contributed by atoms with Crippen molar-refractivity contribution in [3.05, 3.63) is 99.8 Å². The smallest absolute Gasteiger partial charge is 0.243 e. The highest BCUT2D eigenvalue weighted by atomic mass is 35.5. The number of anilines is 1. The SMILES string of the molecule is CC[C@H](C)NC(=O)[C@H](Cc1ccccc1)N(Cc1ccc(Cl)c(Cl)c1)C(=O)CCCN(c1ccccc1F)S(C)(=O)=O. The normalized spacial score (nSPS) is 12.8. The fraction of sp³-hybridized carbons (Fsp3) is 0.355. The molecule has 0 heterocycles. The second-order valence-corrected chi connectivity index (χ2v) is 12.9. The van der Waals surface area contributed by atoms with Crippen molar-refractivity contribution < 1.29 is 22.4 Å². The van der Waals surface area contributed by atoms with Crippen LogP contribution < -0.4 is 9.62 Å². The number of benzene rings is 3. The number of carbonyl (C=O) groups is 2. The summed E-state index contributed by atoms with van der Waals surface area (Å²) >= 11 is 12.4. The molecular weight excluding hydrogens is 600 g/mol. The lowest BCUT2D eigenvalue weighted by Crippen LogP contribution is -2.52. The zero-order chi connectivity index (χ0) is 30.9. The number of rotatable bonds is 14. The van der Waals surface area contributed by atoms with E-state index < -0.39 is 21.9 Å². The van der Waals surface area contributed by atoms with E-state index in [0.29, 0.717) is 22.0 Å². The zero-order valence-electron chi connectivity index (χ0n) is 23.9. The first-order valence-corrected chi connectivity index (χ1v) is 16.3. The van der Waals surface area contributed by atoms with Gasteiger partial charge in [-0.15, -0.1) is 0 Å². The Bertz CT molecular complexity index is 1470. The van der Waals surface area contributed by atoms with Crippen LogP contribution in [0.5, 0.6) is 0 Å². The summed E-state index contributed by atoms with van der Waals surface area (Å²) < 4.78 is 40.5. The van der Waals surface area contributed by atoms with Crippen molar-refractivity contribution in [3.8, 4) is 0 Å². The third-order valence-corrected chi connectivity index (χ3v) is 8.80. The van der Waals surface area contributed by atoms with Gasteiger partial charge in [0.15, 0.2) is 0 Å². The van der Waals surface area contributed by atoms with Gasteiger partial charge in [0.05, 0.1) is 22.0 Å². The Labute approximate surface area is 257 Å². The van der Waals surface area contributed by atoms with E-state index in [2.05, 4.69) is 5.32 Å². The maximum atomic E-state index is 14.5. The van der Waals surface area contributed by atoms with Crippen LogP contribution in [0.3, 0.4) is 0 Å². The highest BCUT2D eigenvalue weighted by Gasteiger charge is 2.31. The molecule has 42 heavy (non-hydrogen) atoms. The second-order valence-electron chi connectivity index (χ2n) is 10.2. The standard InChI is InChI=1S/C31H36Cl2FN3O4S/c1-4-22(2)35-31(39)29(20-23-11-6-5-7-12-23)36(21-24-16-17-25(32)26(33)19-24)30(38)15-10-18-37(42(3,40)41)28-14-9-8-13-27(28)34/h5-9,11-14,16-17,19,22,29H,4,10,15,18,20-21H2,1-3H3,(H,35,39)/t22-,29-/m0/s1. The van der Waals surface area contributed by atoms with E-state index in [1.807, 2.05) is 44.2 Å². The maximum Gasteiger partial charge on any atom is 0.243 e. The average molecular weight is 637 g/mol. The van der Waals surface area contributed by atoms with Crippen LogP contribution in [0.4, 0.5) is 10.1 Å². The zero-order valence-corrected chi connectivity index (χ0v) is 26.2. The number of amides is 2. The van der Waals surface area contributed by atoms with Crippen molar-refractivity contribution in [1.29, 1.82) is 0 Å². The Morgan fingerprint density at radius 3 is 2.24 bits per heavy atom. The maximum absolute atomic E-state index is 14.5. The topological polar surface area (TPSA) is 86.8 Å². The predicted molar refractivity (Wildman–Crippen MR) is 167 cm³/mol. The molecule has 226 valence electrons. The Balaban J connectivity index is 1.92. The molecule has 0 aromatic heterocycles. The van der Waals surface area contributed by atoms with E-state index in [1.165, 1.54) is 23.1 Å². The lowest BCUT2D eigenvalue weighted by molar-refractivity contribution is -0.141. The third kappa shape index (κ3) is 9.44. The largest absolute Gasteiger partial charge is 0.352 e. The summed E-state index contributed by atoms with van der Waals surface area (Å²) in [5, 5.41) is 3.69. The fourth-order valence-electron chi connectivity index (χ4n) is 4.47. The summed E-state index contributed by atoms with van der Waals surface area (Å²) in [7, 11) is -3.83. The number of nitrogens with one attached hydrogen (secondary N) is 1. The van der Waals surface area contributed by atoms with E-state index in [0.717, 1.165) is 16.1 Å². The monoisotopic (exact) mass is 635 g/mol. The van der Waals surface area contributed by atoms with Crippen LogP contribution in [0, 0.1) is 5.82 Å². The minimum atomic E-state index is -3.83. The molecule has 0 saturated heterocycles. The molecule has 3 aromatic rings. The van der Waals surface area contributed by atoms with Gasteiger partial charge in [0.25, 0.3) is 0 Å². The van der Waals surface area contributed by atoms with Crippen LogP contribution >= 0.6 is 23.2 Å². The molecular formula is C31H36Cl2FN3O4S. The number of sulfonamides is 1. The van der Waals surface area contributed by atoms with E-state index in [-0.39, 0.29) is 55.9 Å². The summed E-state index contributed by atoms with van der Waals surface area (Å²) in [6.45, 7) is 3.81. The highest BCUT2D eigenvalue weighted by molar-refractivity contribution is 7.92. The molecule has 11 heteroatoms. The van der Waals surface area contributed by atoms with Gasteiger partial charge in [0.1, 0.15) is 11.9 Å². The Kier molecular flexibility index (Phi) is 12.2. The number of halogens is 3. The Morgan fingerprint density at radius 2 is 1.62 bits per heavy atom. The van der Waals surface area contributed by atoms with Gasteiger partial charge >= 0.3 is 0 Å². The van der Waals surface area contributed by atoms with Crippen LogP contribution in [-0.2, 0) is 32.6 Å². The Hall–Kier alpha value is -3.14. The molecule has 2 atom stereocenters. The lowest BCUT2D eigenvalue weighted by atomic mass is 10.0. The van der Waals surface area contributed by atoms with Crippen molar-refractivity contribution in [1.82, 2.24) is 10.2 Å². The molecule has 0 aliphatic carbocycles. The van der Waals surface area contributed by atoms with Gasteiger partial charge in [0.2, 0.25) is 21.8 Å². The first kappa shape index (κ1) is 33.4. The summed E-state index contributed by atoms with van der Waals surface area (Å²) in [5.41, 5.74) is 1.46. The van der Waals surface area contributed by atoms with Crippen LogP contribution in [0.25, 0.3) is 0 Å². The molecule has 0 aliphatic rings. The molecule has 7 nitrogen and oxygen atoms in total. The van der Waals surface area contributed by atoms with Gasteiger partial charge in [-0.25, -0.2) is 12.8 Å². The molecule has 0 saturated carbocycles. The van der Waals surface area contributed by atoms with Crippen molar-refractivity contribution in [2.45, 2.75) is 58.2 Å². The molecule has 3 rings (SSSR count). The molecule has 0 radical (unpaired) electrons. The number of hydrogen-bond donors (Lipinski definition) is 1. The van der Waals surface area contributed by atoms with Gasteiger partial charge in [-0.05, 0) is 55.2 Å². The minimum absolute atomic E-state index is 0.0737. The molecule has 3 aromatic carbocycles. The van der Waals surface area contributed by atoms with Crippen LogP contribution in [0.1, 0.15) is 44.2 Å².